The van der Waals surface area contributed by atoms with Gasteiger partial charge in [-0.05, 0) is 32.0 Å². The summed E-state index contributed by atoms with van der Waals surface area (Å²) in [5, 5.41) is 2.82. The molecule has 1 heterocycles. The van der Waals surface area contributed by atoms with Gasteiger partial charge in [-0.2, -0.15) is 0 Å². The lowest BCUT2D eigenvalue weighted by Crippen LogP contribution is -2.33. The minimum atomic E-state index is -0.135. The fourth-order valence-electron chi connectivity index (χ4n) is 1.54. The number of rotatable bonds is 5. The van der Waals surface area contributed by atoms with E-state index in [2.05, 4.69) is 17.3 Å². The minimum absolute atomic E-state index is 0.135. The maximum absolute atomic E-state index is 11.4. The van der Waals surface area contributed by atoms with Crippen LogP contribution in [0.25, 0.3) is 0 Å². The predicted octanol–water partition coefficient (Wildman–Crippen LogP) is 1.10. The smallest absolute Gasteiger partial charge is 0.287 e. The number of amides is 1. The van der Waals surface area contributed by atoms with E-state index in [4.69, 9.17) is 4.42 Å². The Hall–Kier alpha value is -1.29. The first-order valence-electron chi connectivity index (χ1n) is 5.29. The second kappa shape index (κ2) is 4.49. The molecule has 1 aromatic heterocycles. The van der Waals surface area contributed by atoms with E-state index >= 15 is 0 Å². The molecule has 0 saturated heterocycles. The number of hydrogen-bond acceptors (Lipinski definition) is 3. The number of furan rings is 1. The monoisotopic (exact) mass is 208 g/mol. The van der Waals surface area contributed by atoms with Crippen LogP contribution < -0.4 is 5.32 Å². The van der Waals surface area contributed by atoms with Gasteiger partial charge in [0, 0.05) is 19.1 Å². The van der Waals surface area contributed by atoms with E-state index in [1.54, 1.807) is 12.1 Å². The van der Waals surface area contributed by atoms with Crippen molar-refractivity contribution in [3.05, 3.63) is 24.2 Å². The molecule has 1 aromatic rings. The van der Waals surface area contributed by atoms with Crippen LogP contribution in [0.4, 0.5) is 0 Å². The van der Waals surface area contributed by atoms with Crippen molar-refractivity contribution >= 4 is 5.91 Å². The predicted molar refractivity (Wildman–Crippen MR) is 56.7 cm³/mol. The summed E-state index contributed by atoms with van der Waals surface area (Å²) in [6.07, 6.45) is 4.09. The minimum Gasteiger partial charge on any atom is -0.459 e. The van der Waals surface area contributed by atoms with Crippen molar-refractivity contribution in [2.75, 3.05) is 20.1 Å². The summed E-state index contributed by atoms with van der Waals surface area (Å²) in [6.45, 7) is 1.57. The van der Waals surface area contributed by atoms with Gasteiger partial charge < -0.3 is 14.6 Å². The lowest BCUT2D eigenvalue weighted by Gasteiger charge is -2.15. The molecule has 82 valence electrons. The standard InChI is InChI=1S/C11H16N2O2/c1-13(9-4-5-9)7-6-12-11(14)10-3-2-8-15-10/h2-3,8-9H,4-7H2,1H3,(H,12,14). The van der Waals surface area contributed by atoms with Crippen LogP contribution in [-0.4, -0.2) is 37.0 Å². The van der Waals surface area contributed by atoms with E-state index in [1.807, 2.05) is 0 Å². The number of carbonyl (C=O) groups is 1. The molecule has 1 aliphatic carbocycles. The number of likely N-dealkylation sites (N-methyl/N-ethyl adjacent to an activating group) is 1. The highest BCUT2D eigenvalue weighted by molar-refractivity contribution is 5.91. The second-order valence-electron chi connectivity index (χ2n) is 3.94. The van der Waals surface area contributed by atoms with Crippen LogP contribution in [-0.2, 0) is 0 Å². The summed E-state index contributed by atoms with van der Waals surface area (Å²) in [6, 6.07) is 4.12. The SMILES string of the molecule is CN(CCNC(=O)c1ccco1)C1CC1. The molecule has 2 rings (SSSR count). The summed E-state index contributed by atoms with van der Waals surface area (Å²) >= 11 is 0. The molecule has 0 atom stereocenters. The van der Waals surface area contributed by atoms with Gasteiger partial charge in [-0.15, -0.1) is 0 Å². The van der Waals surface area contributed by atoms with Gasteiger partial charge in [0.05, 0.1) is 6.26 Å². The first kappa shape index (κ1) is 10.2. The van der Waals surface area contributed by atoms with Crippen molar-refractivity contribution in [3.8, 4) is 0 Å². The van der Waals surface area contributed by atoms with Crippen molar-refractivity contribution in [3.63, 3.8) is 0 Å². The summed E-state index contributed by atoms with van der Waals surface area (Å²) in [7, 11) is 2.09. The van der Waals surface area contributed by atoms with Gasteiger partial charge in [0.25, 0.3) is 5.91 Å². The molecule has 0 aromatic carbocycles. The Bertz CT molecular complexity index is 317. The molecule has 4 heteroatoms. The zero-order chi connectivity index (χ0) is 10.7. The fraction of sp³-hybridized carbons (Fsp3) is 0.545. The lowest BCUT2D eigenvalue weighted by atomic mass is 10.4. The molecular weight excluding hydrogens is 192 g/mol. The highest BCUT2D eigenvalue weighted by Crippen LogP contribution is 2.24. The molecule has 4 nitrogen and oxygen atoms in total. The molecule has 1 saturated carbocycles. The Balaban J connectivity index is 1.67. The van der Waals surface area contributed by atoms with E-state index in [0.717, 1.165) is 12.6 Å². The van der Waals surface area contributed by atoms with Gasteiger partial charge in [0.15, 0.2) is 5.76 Å². The molecule has 15 heavy (non-hydrogen) atoms. The molecule has 0 unspecified atom stereocenters. The van der Waals surface area contributed by atoms with Crippen LogP contribution in [0.2, 0.25) is 0 Å². The highest BCUT2D eigenvalue weighted by Gasteiger charge is 2.25. The third-order valence-electron chi connectivity index (χ3n) is 2.67. The van der Waals surface area contributed by atoms with Crippen molar-refractivity contribution in [2.24, 2.45) is 0 Å². The van der Waals surface area contributed by atoms with Crippen LogP contribution in [0.15, 0.2) is 22.8 Å². The van der Waals surface area contributed by atoms with Crippen molar-refractivity contribution in [1.29, 1.82) is 0 Å². The summed E-state index contributed by atoms with van der Waals surface area (Å²) < 4.78 is 4.99. The number of nitrogens with one attached hydrogen (secondary N) is 1. The van der Waals surface area contributed by atoms with Gasteiger partial charge in [-0.1, -0.05) is 0 Å². The molecule has 0 bridgehead atoms. The highest BCUT2D eigenvalue weighted by atomic mass is 16.3. The van der Waals surface area contributed by atoms with Crippen LogP contribution in [0.1, 0.15) is 23.4 Å². The maximum atomic E-state index is 11.4. The molecule has 0 spiro atoms. The van der Waals surface area contributed by atoms with Crippen molar-refractivity contribution < 1.29 is 9.21 Å². The molecule has 1 fully saturated rings. The van der Waals surface area contributed by atoms with Gasteiger partial charge in [-0.3, -0.25) is 4.79 Å². The molecule has 0 radical (unpaired) electrons. The Kier molecular flexibility index (Phi) is 3.06. The van der Waals surface area contributed by atoms with Crippen LogP contribution >= 0.6 is 0 Å². The first-order valence-corrected chi connectivity index (χ1v) is 5.29. The molecular formula is C11H16N2O2. The van der Waals surface area contributed by atoms with Crippen LogP contribution in [0.5, 0.6) is 0 Å². The van der Waals surface area contributed by atoms with Crippen LogP contribution in [0, 0.1) is 0 Å². The summed E-state index contributed by atoms with van der Waals surface area (Å²) in [5.74, 6) is 0.244. The Morgan fingerprint density at radius 3 is 3.07 bits per heavy atom. The quantitative estimate of drug-likeness (QED) is 0.788. The normalized spacial score (nSPS) is 15.6. The average molecular weight is 208 g/mol. The van der Waals surface area contributed by atoms with E-state index < -0.39 is 0 Å². The van der Waals surface area contributed by atoms with Gasteiger partial charge in [0.2, 0.25) is 0 Å². The molecule has 1 aliphatic rings. The molecule has 1 N–H and O–H groups in total. The lowest BCUT2D eigenvalue weighted by molar-refractivity contribution is 0.0922. The Labute approximate surface area is 89.2 Å². The van der Waals surface area contributed by atoms with E-state index in [9.17, 15) is 4.79 Å². The van der Waals surface area contributed by atoms with Gasteiger partial charge >= 0.3 is 0 Å². The van der Waals surface area contributed by atoms with Crippen LogP contribution in [0.3, 0.4) is 0 Å². The maximum Gasteiger partial charge on any atom is 0.287 e. The van der Waals surface area contributed by atoms with Gasteiger partial charge in [0.1, 0.15) is 0 Å². The number of hydrogen-bond donors (Lipinski definition) is 1. The van der Waals surface area contributed by atoms with E-state index in [1.165, 1.54) is 19.1 Å². The summed E-state index contributed by atoms with van der Waals surface area (Å²) in [4.78, 5) is 13.7. The second-order valence-corrected chi connectivity index (χ2v) is 3.94. The number of nitrogens with zero attached hydrogens (tertiary/aromatic N) is 1. The Morgan fingerprint density at radius 2 is 2.47 bits per heavy atom. The fourth-order valence-corrected chi connectivity index (χ4v) is 1.54. The molecule has 1 amide bonds. The topological polar surface area (TPSA) is 45.5 Å². The average Bonchev–Trinajstić information content (AvgIpc) is 2.93. The van der Waals surface area contributed by atoms with Crippen molar-refractivity contribution in [1.82, 2.24) is 10.2 Å². The first-order chi connectivity index (χ1) is 7.27. The van der Waals surface area contributed by atoms with E-state index in [-0.39, 0.29) is 5.91 Å². The van der Waals surface area contributed by atoms with Gasteiger partial charge in [-0.25, -0.2) is 0 Å². The zero-order valence-electron chi connectivity index (χ0n) is 8.90. The zero-order valence-corrected chi connectivity index (χ0v) is 8.90. The largest absolute Gasteiger partial charge is 0.459 e. The van der Waals surface area contributed by atoms with E-state index in [0.29, 0.717) is 12.3 Å². The Morgan fingerprint density at radius 1 is 1.67 bits per heavy atom. The summed E-state index contributed by atoms with van der Waals surface area (Å²) in [5.41, 5.74) is 0. The number of carbonyl (C=O) groups excluding carboxylic acids is 1. The van der Waals surface area contributed by atoms with Crippen molar-refractivity contribution in [2.45, 2.75) is 18.9 Å². The molecule has 0 aliphatic heterocycles. The third-order valence-corrected chi connectivity index (χ3v) is 2.67. The third kappa shape index (κ3) is 2.83.